The highest BCUT2D eigenvalue weighted by atomic mass is 16.4. The third kappa shape index (κ3) is 1.54. The Bertz CT molecular complexity index is 429. The van der Waals surface area contributed by atoms with Crippen LogP contribution in [0.1, 0.15) is 18.9 Å². The smallest absolute Gasteiger partial charge is 0.211 e. The van der Waals surface area contributed by atoms with Gasteiger partial charge in [0.2, 0.25) is 5.89 Å². The first kappa shape index (κ1) is 8.96. The van der Waals surface area contributed by atoms with E-state index in [4.69, 9.17) is 10.2 Å². The zero-order chi connectivity index (χ0) is 10.1. The predicted octanol–water partition coefficient (Wildman–Crippen LogP) is 1.09. The Morgan fingerprint density at radius 3 is 2.86 bits per heavy atom. The maximum atomic E-state index is 5.63. The second-order valence-corrected chi connectivity index (χ2v) is 3.23. The van der Waals surface area contributed by atoms with E-state index < -0.39 is 0 Å². The predicted molar refractivity (Wildman–Crippen MR) is 51.3 cm³/mol. The Balaban J connectivity index is 2.33. The van der Waals surface area contributed by atoms with Crippen molar-refractivity contribution in [2.24, 2.45) is 12.8 Å². The maximum Gasteiger partial charge on any atom is 0.211 e. The van der Waals surface area contributed by atoms with Gasteiger partial charge in [-0.2, -0.15) is 5.10 Å². The molecule has 0 amide bonds. The van der Waals surface area contributed by atoms with Crippen LogP contribution in [0.15, 0.2) is 22.9 Å². The van der Waals surface area contributed by atoms with Crippen LogP contribution in [0.2, 0.25) is 0 Å². The van der Waals surface area contributed by atoms with E-state index in [2.05, 4.69) is 10.1 Å². The lowest BCUT2D eigenvalue weighted by Crippen LogP contribution is -2.04. The Morgan fingerprint density at radius 1 is 1.57 bits per heavy atom. The van der Waals surface area contributed by atoms with Crippen LogP contribution in [-0.4, -0.2) is 14.8 Å². The highest BCUT2D eigenvalue weighted by Crippen LogP contribution is 2.19. The molecule has 74 valence electrons. The lowest BCUT2D eigenvalue weighted by Gasteiger charge is -1.95. The summed E-state index contributed by atoms with van der Waals surface area (Å²) in [7, 11) is 1.85. The maximum absolute atomic E-state index is 5.63. The van der Waals surface area contributed by atoms with Crippen LogP contribution in [-0.2, 0) is 7.05 Å². The molecule has 0 saturated carbocycles. The lowest BCUT2D eigenvalue weighted by atomic mass is 10.4. The largest absolute Gasteiger partial charge is 0.437 e. The number of aromatic nitrogens is 3. The van der Waals surface area contributed by atoms with Crippen molar-refractivity contribution in [1.82, 2.24) is 14.8 Å². The molecule has 5 nitrogen and oxygen atoms in total. The second kappa shape index (κ2) is 3.26. The Morgan fingerprint density at radius 2 is 2.36 bits per heavy atom. The minimum atomic E-state index is -0.188. The van der Waals surface area contributed by atoms with Crippen LogP contribution < -0.4 is 5.73 Å². The fraction of sp³-hybridized carbons (Fsp3) is 0.333. The van der Waals surface area contributed by atoms with E-state index in [1.807, 2.05) is 26.2 Å². The van der Waals surface area contributed by atoms with E-state index in [1.54, 1.807) is 10.9 Å². The summed E-state index contributed by atoms with van der Waals surface area (Å²) in [5, 5.41) is 4.20. The molecule has 2 aromatic rings. The summed E-state index contributed by atoms with van der Waals surface area (Å²) in [5.41, 5.74) is 6.40. The number of hydrogen-bond acceptors (Lipinski definition) is 4. The Labute approximate surface area is 81.5 Å². The Kier molecular flexibility index (Phi) is 2.09. The molecule has 5 heteroatoms. The van der Waals surface area contributed by atoms with Gasteiger partial charge in [0.1, 0.15) is 5.69 Å². The minimum Gasteiger partial charge on any atom is -0.437 e. The van der Waals surface area contributed by atoms with Gasteiger partial charge in [-0.15, -0.1) is 0 Å². The van der Waals surface area contributed by atoms with Gasteiger partial charge in [-0.25, -0.2) is 4.98 Å². The first-order chi connectivity index (χ1) is 6.66. The lowest BCUT2D eigenvalue weighted by molar-refractivity contribution is 0.472. The van der Waals surface area contributed by atoms with Gasteiger partial charge in [-0.05, 0) is 13.0 Å². The number of hydrogen-bond donors (Lipinski definition) is 1. The molecule has 2 heterocycles. The quantitative estimate of drug-likeness (QED) is 0.773. The average Bonchev–Trinajstić information content (AvgIpc) is 2.70. The van der Waals surface area contributed by atoms with Gasteiger partial charge >= 0.3 is 0 Å². The molecule has 0 radical (unpaired) electrons. The summed E-state index contributed by atoms with van der Waals surface area (Å²) in [6, 6.07) is 1.68. The highest BCUT2D eigenvalue weighted by Gasteiger charge is 2.10. The molecule has 0 aliphatic carbocycles. The molecule has 0 bridgehead atoms. The normalized spacial score (nSPS) is 13.1. The van der Waals surface area contributed by atoms with E-state index in [0.29, 0.717) is 11.7 Å². The number of nitrogens with zero attached hydrogens (tertiary/aromatic N) is 3. The zero-order valence-electron chi connectivity index (χ0n) is 8.14. The molecule has 0 fully saturated rings. The van der Waals surface area contributed by atoms with Gasteiger partial charge in [-0.1, -0.05) is 0 Å². The summed E-state index contributed by atoms with van der Waals surface area (Å²) < 4.78 is 7.14. The van der Waals surface area contributed by atoms with E-state index in [-0.39, 0.29) is 6.04 Å². The molecule has 0 saturated heterocycles. The standard InChI is InChI=1S/C9H12N4O/c1-6(10)9-11-5-8(14-9)7-3-4-13(2)12-7/h3-6H,10H2,1-2H3. The SMILES string of the molecule is CC(N)c1ncc(-c2ccn(C)n2)o1. The number of aryl methyl sites for hydroxylation is 1. The molecular formula is C9H12N4O. The first-order valence-electron chi connectivity index (χ1n) is 4.38. The average molecular weight is 192 g/mol. The number of rotatable bonds is 2. The van der Waals surface area contributed by atoms with Crippen LogP contribution >= 0.6 is 0 Å². The van der Waals surface area contributed by atoms with Crippen LogP contribution in [0.5, 0.6) is 0 Å². The minimum absolute atomic E-state index is 0.188. The molecule has 0 spiro atoms. The summed E-state index contributed by atoms with van der Waals surface area (Å²) in [6.45, 7) is 1.83. The molecule has 0 aliphatic rings. The summed E-state index contributed by atoms with van der Waals surface area (Å²) >= 11 is 0. The molecule has 0 aliphatic heterocycles. The third-order valence-corrected chi connectivity index (χ3v) is 1.88. The molecule has 2 rings (SSSR count). The first-order valence-corrected chi connectivity index (χ1v) is 4.38. The number of oxazole rings is 1. The van der Waals surface area contributed by atoms with Gasteiger partial charge in [0.05, 0.1) is 12.2 Å². The summed E-state index contributed by atoms with van der Waals surface area (Å²) in [6.07, 6.45) is 3.49. The number of nitrogens with two attached hydrogens (primary N) is 1. The fourth-order valence-electron chi connectivity index (χ4n) is 1.16. The molecule has 14 heavy (non-hydrogen) atoms. The molecule has 2 N–H and O–H groups in total. The van der Waals surface area contributed by atoms with Gasteiger partial charge in [0, 0.05) is 13.2 Å². The second-order valence-electron chi connectivity index (χ2n) is 3.23. The van der Waals surface area contributed by atoms with Crippen molar-refractivity contribution < 1.29 is 4.42 Å². The topological polar surface area (TPSA) is 69.9 Å². The third-order valence-electron chi connectivity index (χ3n) is 1.88. The molecule has 1 unspecified atom stereocenters. The molecule has 2 aromatic heterocycles. The van der Waals surface area contributed by atoms with E-state index in [0.717, 1.165) is 5.69 Å². The van der Waals surface area contributed by atoms with Crippen molar-refractivity contribution in [2.45, 2.75) is 13.0 Å². The fourth-order valence-corrected chi connectivity index (χ4v) is 1.16. The van der Waals surface area contributed by atoms with Crippen LogP contribution in [0.3, 0.4) is 0 Å². The zero-order valence-corrected chi connectivity index (χ0v) is 8.14. The van der Waals surface area contributed by atoms with Gasteiger partial charge < -0.3 is 10.2 Å². The molecule has 0 aromatic carbocycles. The van der Waals surface area contributed by atoms with Gasteiger partial charge in [0.15, 0.2) is 5.76 Å². The van der Waals surface area contributed by atoms with E-state index in [1.165, 1.54) is 0 Å². The van der Waals surface area contributed by atoms with Gasteiger partial charge in [0.25, 0.3) is 0 Å². The monoisotopic (exact) mass is 192 g/mol. The molecule has 1 atom stereocenters. The van der Waals surface area contributed by atoms with E-state index >= 15 is 0 Å². The van der Waals surface area contributed by atoms with Crippen LogP contribution in [0.25, 0.3) is 11.5 Å². The summed E-state index contributed by atoms with van der Waals surface area (Å²) in [5.74, 6) is 1.18. The van der Waals surface area contributed by atoms with Crippen molar-refractivity contribution in [1.29, 1.82) is 0 Å². The van der Waals surface area contributed by atoms with Crippen molar-refractivity contribution >= 4 is 0 Å². The van der Waals surface area contributed by atoms with Crippen molar-refractivity contribution in [3.63, 3.8) is 0 Å². The highest BCUT2D eigenvalue weighted by molar-refractivity contribution is 5.49. The van der Waals surface area contributed by atoms with Crippen molar-refractivity contribution in [2.75, 3.05) is 0 Å². The van der Waals surface area contributed by atoms with E-state index in [9.17, 15) is 0 Å². The van der Waals surface area contributed by atoms with Crippen molar-refractivity contribution in [3.05, 3.63) is 24.4 Å². The van der Waals surface area contributed by atoms with Crippen LogP contribution in [0, 0.1) is 0 Å². The van der Waals surface area contributed by atoms with Crippen molar-refractivity contribution in [3.8, 4) is 11.5 Å². The van der Waals surface area contributed by atoms with Gasteiger partial charge in [-0.3, -0.25) is 4.68 Å². The van der Waals surface area contributed by atoms with Crippen LogP contribution in [0.4, 0.5) is 0 Å². The Hall–Kier alpha value is -1.62. The molecular weight excluding hydrogens is 180 g/mol. The summed E-state index contributed by atoms with van der Waals surface area (Å²) in [4.78, 5) is 4.06.